The second kappa shape index (κ2) is 9.39. The molecule has 9 nitrogen and oxygen atoms in total. The van der Waals surface area contributed by atoms with Gasteiger partial charge in [0, 0.05) is 56.8 Å². The number of hydrogen-bond donors (Lipinski definition) is 1. The summed E-state index contributed by atoms with van der Waals surface area (Å²) in [4.78, 5) is 32.3. The van der Waals surface area contributed by atoms with Crippen LogP contribution in [-0.2, 0) is 20.6 Å². The number of carbonyl (C=O) groups is 1. The van der Waals surface area contributed by atoms with Crippen molar-refractivity contribution in [2.45, 2.75) is 32.4 Å². The Morgan fingerprint density at radius 2 is 1.97 bits per heavy atom. The molecule has 1 fully saturated rings. The van der Waals surface area contributed by atoms with Crippen LogP contribution in [0.4, 0.5) is 0 Å². The summed E-state index contributed by atoms with van der Waals surface area (Å²) in [7, 11) is 5.32. The van der Waals surface area contributed by atoms with E-state index in [1.54, 1.807) is 30.9 Å². The van der Waals surface area contributed by atoms with Crippen molar-refractivity contribution in [1.82, 2.24) is 23.6 Å². The Morgan fingerprint density at radius 1 is 1.20 bits per heavy atom. The molecule has 1 amide bonds. The number of amides is 1. The number of aromatic nitrogens is 4. The van der Waals surface area contributed by atoms with E-state index in [1.165, 1.54) is 0 Å². The van der Waals surface area contributed by atoms with Gasteiger partial charge in [0.25, 0.3) is 11.5 Å². The van der Waals surface area contributed by atoms with Crippen LogP contribution in [0, 0.1) is 0 Å². The topological polar surface area (TPSA) is 100 Å². The molecule has 0 radical (unpaired) electrons. The Morgan fingerprint density at radius 3 is 2.66 bits per heavy atom. The number of aryl methyl sites for hydroxylation is 3. The van der Waals surface area contributed by atoms with Gasteiger partial charge in [-0.1, -0.05) is 0 Å². The Bertz CT molecular complexity index is 1480. The number of carbonyl (C=O) groups excluding carboxylic acids is 1. The minimum Gasteiger partial charge on any atom is -0.494 e. The van der Waals surface area contributed by atoms with Crippen molar-refractivity contribution in [3.8, 4) is 17.3 Å². The number of rotatable bonds is 4. The number of hydrogen-bond acceptors (Lipinski definition) is 5. The lowest BCUT2D eigenvalue weighted by molar-refractivity contribution is 0.0708. The lowest BCUT2D eigenvalue weighted by Gasteiger charge is -2.30. The van der Waals surface area contributed by atoms with Gasteiger partial charge in [0.1, 0.15) is 16.9 Å². The summed E-state index contributed by atoms with van der Waals surface area (Å²) in [6.07, 6.45) is 1.84. The number of nitrogens with zero attached hydrogens (tertiary/aromatic N) is 5. The van der Waals surface area contributed by atoms with E-state index >= 15 is 0 Å². The number of likely N-dealkylation sites (tertiary alicyclic amines) is 1. The molecular formula is C25H31ClN6O3. The number of methoxy groups -OCH3 is 1. The van der Waals surface area contributed by atoms with Gasteiger partial charge >= 0.3 is 0 Å². The van der Waals surface area contributed by atoms with E-state index in [-0.39, 0.29) is 29.9 Å². The first-order chi connectivity index (χ1) is 16.3. The second-order valence-corrected chi connectivity index (χ2v) is 8.98. The first-order valence-electron chi connectivity index (χ1n) is 11.6. The molecule has 2 N–H and O–H groups in total. The van der Waals surface area contributed by atoms with Crippen LogP contribution < -0.4 is 16.0 Å². The molecule has 0 saturated carbocycles. The summed E-state index contributed by atoms with van der Waals surface area (Å²) in [5, 5.41) is 0.968. The molecule has 1 aromatic carbocycles. The molecule has 4 heterocycles. The van der Waals surface area contributed by atoms with Crippen LogP contribution in [0.15, 0.2) is 35.1 Å². The van der Waals surface area contributed by atoms with E-state index < -0.39 is 0 Å². The number of piperidine rings is 1. The first-order valence-corrected chi connectivity index (χ1v) is 11.6. The minimum absolute atomic E-state index is 0. The highest BCUT2D eigenvalue weighted by Crippen LogP contribution is 2.34. The van der Waals surface area contributed by atoms with Crippen LogP contribution >= 0.6 is 12.4 Å². The maximum Gasteiger partial charge on any atom is 0.254 e. The third-order valence-corrected chi connectivity index (χ3v) is 6.84. The molecular weight excluding hydrogens is 468 g/mol. The molecule has 1 saturated heterocycles. The molecule has 3 aromatic heterocycles. The standard InChI is InChI=1S/C25H30N6O3.ClH/c1-5-31-19(12-15-8-9-21(32)28(2)24(15)31)23-27-18-11-16(13-20(34-4)22(18)29(23)3)25(33)30-10-6-7-17(26)14-30;/h8-9,11-13,17H,5-7,10,14,26H2,1-4H3;1H/t17-;/m1./s1. The Hall–Kier alpha value is -3.30. The van der Waals surface area contributed by atoms with Crippen LogP contribution in [0.1, 0.15) is 30.1 Å². The summed E-state index contributed by atoms with van der Waals surface area (Å²) in [6, 6.07) is 9.10. The molecule has 35 heavy (non-hydrogen) atoms. The number of pyridine rings is 1. The number of halogens is 1. The second-order valence-electron chi connectivity index (χ2n) is 8.98. The van der Waals surface area contributed by atoms with Crippen molar-refractivity contribution in [2.24, 2.45) is 19.8 Å². The summed E-state index contributed by atoms with van der Waals surface area (Å²) in [5.41, 5.74) is 9.82. The molecule has 0 aliphatic carbocycles. The molecule has 1 atom stereocenters. The van der Waals surface area contributed by atoms with Crippen molar-refractivity contribution in [2.75, 3.05) is 20.2 Å². The largest absolute Gasteiger partial charge is 0.494 e. The number of benzene rings is 1. The molecule has 5 rings (SSSR count). The van der Waals surface area contributed by atoms with Gasteiger partial charge in [-0.3, -0.25) is 14.2 Å². The van der Waals surface area contributed by atoms with Crippen molar-refractivity contribution >= 4 is 40.4 Å². The molecule has 10 heteroatoms. The fourth-order valence-corrected chi connectivity index (χ4v) is 5.14. The smallest absolute Gasteiger partial charge is 0.254 e. The maximum absolute atomic E-state index is 13.2. The molecule has 4 aromatic rings. The van der Waals surface area contributed by atoms with Crippen LogP contribution in [-0.4, -0.2) is 55.7 Å². The van der Waals surface area contributed by atoms with Crippen LogP contribution in [0.3, 0.4) is 0 Å². The maximum atomic E-state index is 13.2. The average Bonchev–Trinajstić information content (AvgIpc) is 3.38. The average molecular weight is 499 g/mol. The molecule has 0 bridgehead atoms. The van der Waals surface area contributed by atoms with Crippen LogP contribution in [0.2, 0.25) is 0 Å². The lowest BCUT2D eigenvalue weighted by atomic mass is 10.0. The quantitative estimate of drug-likeness (QED) is 0.466. The van der Waals surface area contributed by atoms with Crippen molar-refractivity contribution < 1.29 is 9.53 Å². The minimum atomic E-state index is -0.0564. The van der Waals surface area contributed by atoms with Crippen LogP contribution in [0.25, 0.3) is 33.6 Å². The van der Waals surface area contributed by atoms with E-state index in [9.17, 15) is 9.59 Å². The van der Waals surface area contributed by atoms with E-state index in [1.807, 2.05) is 41.6 Å². The van der Waals surface area contributed by atoms with Gasteiger partial charge in [0.2, 0.25) is 0 Å². The summed E-state index contributed by atoms with van der Waals surface area (Å²) in [6.45, 7) is 3.98. The fourth-order valence-electron chi connectivity index (χ4n) is 5.14. The van der Waals surface area contributed by atoms with Crippen molar-refractivity contribution in [1.29, 1.82) is 0 Å². The fraction of sp³-hybridized carbons (Fsp3) is 0.400. The molecule has 0 spiro atoms. The van der Waals surface area contributed by atoms with Crippen molar-refractivity contribution in [3.05, 3.63) is 46.2 Å². The zero-order chi connectivity index (χ0) is 24.1. The Kier molecular flexibility index (Phi) is 6.66. The van der Waals surface area contributed by atoms with E-state index in [2.05, 4.69) is 4.57 Å². The number of nitrogens with two attached hydrogens (primary N) is 1. The van der Waals surface area contributed by atoms with Crippen molar-refractivity contribution in [3.63, 3.8) is 0 Å². The highest BCUT2D eigenvalue weighted by atomic mass is 35.5. The molecule has 1 aliphatic rings. The summed E-state index contributed by atoms with van der Waals surface area (Å²) in [5.74, 6) is 1.28. The normalized spacial score (nSPS) is 16.0. The predicted octanol–water partition coefficient (Wildman–Crippen LogP) is 2.91. The van der Waals surface area contributed by atoms with Crippen LogP contribution in [0.5, 0.6) is 5.75 Å². The van der Waals surface area contributed by atoms with E-state index in [4.69, 9.17) is 15.5 Å². The van der Waals surface area contributed by atoms with Gasteiger partial charge in [-0.2, -0.15) is 0 Å². The molecule has 0 unspecified atom stereocenters. The van der Waals surface area contributed by atoms with Gasteiger partial charge in [-0.05, 0) is 44.0 Å². The number of ether oxygens (including phenoxy) is 1. The number of imidazole rings is 1. The third-order valence-electron chi connectivity index (χ3n) is 6.84. The zero-order valence-electron chi connectivity index (χ0n) is 20.4. The first kappa shape index (κ1) is 24.8. The Labute approximate surface area is 209 Å². The number of fused-ring (bicyclic) bond motifs is 2. The summed E-state index contributed by atoms with van der Waals surface area (Å²) >= 11 is 0. The van der Waals surface area contributed by atoms with Gasteiger partial charge in [-0.25, -0.2) is 4.98 Å². The highest BCUT2D eigenvalue weighted by Gasteiger charge is 2.25. The molecule has 1 aliphatic heterocycles. The SMILES string of the molecule is CCn1c(-c2nc3cc(C(=O)N4CCC[C@@H](N)C4)cc(OC)c3n2C)cc2ccc(=O)n(C)c21.Cl. The van der Waals surface area contributed by atoms with Gasteiger partial charge in [0.05, 0.1) is 18.3 Å². The molecule has 186 valence electrons. The van der Waals surface area contributed by atoms with E-state index in [0.717, 1.165) is 40.9 Å². The van der Waals surface area contributed by atoms with Gasteiger partial charge in [-0.15, -0.1) is 12.4 Å². The lowest BCUT2D eigenvalue weighted by Crippen LogP contribution is -2.45. The van der Waals surface area contributed by atoms with E-state index in [0.29, 0.717) is 36.5 Å². The Balaban J connectivity index is 0.00000289. The predicted molar refractivity (Wildman–Crippen MR) is 139 cm³/mol. The van der Waals surface area contributed by atoms with Gasteiger partial charge in [0.15, 0.2) is 5.82 Å². The monoisotopic (exact) mass is 498 g/mol. The summed E-state index contributed by atoms with van der Waals surface area (Å²) < 4.78 is 11.4. The highest BCUT2D eigenvalue weighted by molar-refractivity contribution is 6.00. The van der Waals surface area contributed by atoms with Gasteiger partial charge < -0.3 is 24.5 Å². The third kappa shape index (κ3) is 3.98. The zero-order valence-corrected chi connectivity index (χ0v) is 21.3.